The van der Waals surface area contributed by atoms with Gasteiger partial charge in [-0.3, -0.25) is 33.8 Å². The van der Waals surface area contributed by atoms with Crippen LogP contribution in [0.2, 0.25) is 0 Å². The summed E-state index contributed by atoms with van der Waals surface area (Å²) in [7, 11) is 0. The van der Waals surface area contributed by atoms with Gasteiger partial charge in [0, 0.05) is 25.0 Å². The van der Waals surface area contributed by atoms with E-state index in [2.05, 4.69) is 31.2 Å². The number of amides is 5. The van der Waals surface area contributed by atoms with Gasteiger partial charge in [0.25, 0.3) is 11.8 Å². The molecule has 2 heterocycles. The predicted molar refractivity (Wildman–Crippen MR) is 236 cm³/mol. The number of fused-ring (bicyclic) bond motifs is 1. The minimum absolute atomic E-state index is 0. The Morgan fingerprint density at radius 3 is 2.05 bits per heavy atom. The van der Waals surface area contributed by atoms with Crippen LogP contribution in [0.15, 0.2) is 18.6 Å². The third-order valence-electron chi connectivity index (χ3n) is 10.7. The van der Waals surface area contributed by atoms with Crippen LogP contribution >= 0.6 is 54.0 Å². The first-order valence-corrected chi connectivity index (χ1v) is 18.2. The van der Waals surface area contributed by atoms with E-state index in [4.69, 9.17) is 0 Å². The summed E-state index contributed by atoms with van der Waals surface area (Å²) in [4.78, 5) is 91.4. The molecule has 1 saturated heterocycles. The van der Waals surface area contributed by atoms with Crippen molar-refractivity contribution < 1.29 is 28.8 Å². The van der Waals surface area contributed by atoms with Crippen molar-refractivity contribution in [1.29, 1.82) is 0 Å². The summed E-state index contributed by atoms with van der Waals surface area (Å²) < 4.78 is 0. The van der Waals surface area contributed by atoms with Crippen molar-refractivity contribution in [3.63, 3.8) is 0 Å². The summed E-state index contributed by atoms with van der Waals surface area (Å²) in [5.74, 6) is -3.20. The molecule has 316 valence electrons. The molecule has 0 unspecified atom stereocenters. The zero-order valence-electron chi connectivity index (χ0n) is 31.3. The van der Waals surface area contributed by atoms with E-state index in [0.29, 0.717) is 19.4 Å². The summed E-state index contributed by atoms with van der Waals surface area (Å²) in [6.45, 7) is 7.85. The molecule has 3 saturated carbocycles. The first kappa shape index (κ1) is 54.6. The molecule has 1 aromatic rings. The number of hydrogen-bond acceptors (Lipinski definition) is 8. The second kappa shape index (κ2) is 24.3. The number of carbonyl (C=O) groups is 6. The molecule has 5 rings (SSSR count). The number of carbonyl (C=O) groups excluding carboxylic acids is 6. The minimum Gasteiger partial charge on any atom is -0.347 e. The lowest BCUT2D eigenvalue weighted by Crippen LogP contribution is -2.62. The summed E-state index contributed by atoms with van der Waals surface area (Å²) in [6.07, 6.45) is 13.9. The van der Waals surface area contributed by atoms with Gasteiger partial charge in [0.15, 0.2) is 0 Å². The molecule has 4 aliphatic rings. The number of ketones is 1. The monoisotopic (exact) mass is 847 g/mol. The van der Waals surface area contributed by atoms with Crippen molar-refractivity contribution in [1.82, 2.24) is 36.1 Å². The normalized spacial score (nSPS) is 21.6. The van der Waals surface area contributed by atoms with Crippen molar-refractivity contribution in [3.05, 3.63) is 24.3 Å². The van der Waals surface area contributed by atoms with Crippen LogP contribution in [0, 0.1) is 23.2 Å². The first-order valence-electron chi connectivity index (χ1n) is 18.2. The molecule has 6 atom stereocenters. The maximum atomic E-state index is 14.6. The zero-order valence-corrected chi connectivity index (χ0v) is 35.3. The fourth-order valence-corrected chi connectivity index (χ4v) is 7.87. The maximum Gasteiger partial charge on any atom is 0.289 e. The van der Waals surface area contributed by atoms with Gasteiger partial charge in [-0.1, -0.05) is 74.7 Å². The van der Waals surface area contributed by atoms with Crippen LogP contribution in [0.25, 0.3) is 0 Å². The van der Waals surface area contributed by atoms with Crippen LogP contribution in [0.3, 0.4) is 0 Å². The number of likely N-dealkylation sites (tertiary alicyclic amines) is 1. The van der Waals surface area contributed by atoms with Crippen molar-refractivity contribution in [2.75, 3.05) is 6.54 Å². The highest BCUT2D eigenvalue weighted by atomic mass is 32.1. The Morgan fingerprint density at radius 2 is 1.49 bits per heavy atom. The summed E-state index contributed by atoms with van der Waals surface area (Å²) >= 11 is 0. The Hall–Kier alpha value is -2.50. The average Bonchev–Trinajstić information content (AvgIpc) is 3.65. The topological polar surface area (TPSA) is 180 Å². The van der Waals surface area contributed by atoms with Gasteiger partial charge in [-0.25, -0.2) is 4.98 Å². The second-order valence-electron chi connectivity index (χ2n) is 15.5. The van der Waals surface area contributed by atoms with E-state index in [-0.39, 0.29) is 104 Å². The van der Waals surface area contributed by atoms with Crippen LogP contribution in [0.1, 0.15) is 130 Å². The van der Waals surface area contributed by atoms with Gasteiger partial charge in [-0.2, -0.15) is 54.0 Å². The predicted octanol–water partition coefficient (Wildman–Crippen LogP) is 4.17. The smallest absolute Gasteiger partial charge is 0.289 e. The average molecular weight is 848 g/mol. The number of Topliss-reactive ketones (excluding diaryl/α,β-unsaturated/α-hetero) is 1. The van der Waals surface area contributed by atoms with Crippen molar-refractivity contribution in [2.45, 2.75) is 150 Å². The van der Waals surface area contributed by atoms with E-state index >= 15 is 0 Å². The number of aromatic nitrogens is 2. The molecular weight excluding hydrogens is 779 g/mol. The molecule has 13 nitrogen and oxygen atoms in total. The molecule has 3 aliphatic carbocycles. The Kier molecular flexibility index (Phi) is 24.1. The van der Waals surface area contributed by atoms with Crippen LogP contribution < -0.4 is 21.3 Å². The molecule has 5 amide bonds. The number of hydrogen-bond donors (Lipinski definition) is 4. The fraction of sp³-hybridized carbons (Fsp3) is 0.737. The van der Waals surface area contributed by atoms with Crippen LogP contribution in [-0.2, 0) is 24.0 Å². The minimum atomic E-state index is -0.994. The molecule has 55 heavy (non-hydrogen) atoms. The largest absolute Gasteiger partial charge is 0.347 e. The van der Waals surface area contributed by atoms with Gasteiger partial charge < -0.3 is 26.2 Å². The highest BCUT2D eigenvalue weighted by Crippen LogP contribution is 2.43. The molecule has 1 aromatic heterocycles. The van der Waals surface area contributed by atoms with Gasteiger partial charge in [0.1, 0.15) is 23.8 Å². The quantitative estimate of drug-likeness (QED) is 0.214. The second-order valence-corrected chi connectivity index (χ2v) is 15.5. The Labute approximate surface area is 356 Å². The molecule has 0 aromatic carbocycles. The van der Waals surface area contributed by atoms with E-state index in [1.165, 1.54) is 18.6 Å². The third kappa shape index (κ3) is 13.8. The SMILES string of the molecule is C.C.CCC[C@H](NC(=O)[C@@H]1[C@@H]2CCC[C@@H]2CN1C(=O)[C@@H](NC(=O)[C@H](NC(=O)c1cnccn1)C1CCCCC1)C(C)(C)C)C(=O)C(=O)NC1CC1.S.S.S.S. The third-order valence-corrected chi connectivity index (χ3v) is 10.7. The number of nitrogens with zero attached hydrogens (tertiary/aromatic N) is 3. The van der Waals surface area contributed by atoms with Crippen LogP contribution in [0.5, 0.6) is 0 Å². The van der Waals surface area contributed by atoms with Gasteiger partial charge in [-0.15, -0.1) is 0 Å². The summed E-state index contributed by atoms with van der Waals surface area (Å²) in [5.41, 5.74) is -0.638. The van der Waals surface area contributed by atoms with Gasteiger partial charge >= 0.3 is 0 Å². The lowest BCUT2D eigenvalue weighted by molar-refractivity contribution is -0.146. The summed E-state index contributed by atoms with van der Waals surface area (Å²) in [6, 6.07) is -3.68. The molecule has 1 aliphatic heterocycles. The van der Waals surface area contributed by atoms with Crippen molar-refractivity contribution in [3.8, 4) is 0 Å². The summed E-state index contributed by atoms with van der Waals surface area (Å²) in [5, 5.41) is 11.5. The Morgan fingerprint density at radius 1 is 0.836 bits per heavy atom. The van der Waals surface area contributed by atoms with Crippen LogP contribution in [0.4, 0.5) is 0 Å². The molecule has 4 N–H and O–H groups in total. The van der Waals surface area contributed by atoms with Gasteiger partial charge in [0.05, 0.1) is 12.2 Å². The number of rotatable bonds is 13. The number of nitrogens with one attached hydrogen (secondary N) is 4. The lowest BCUT2D eigenvalue weighted by Gasteiger charge is -2.38. The maximum absolute atomic E-state index is 14.6. The molecular formula is C38H69N7O6S4. The van der Waals surface area contributed by atoms with E-state index in [0.717, 1.165) is 64.2 Å². The highest BCUT2D eigenvalue weighted by molar-refractivity contribution is 7.59. The Balaban J connectivity index is 0. The van der Waals surface area contributed by atoms with Gasteiger partial charge in [-0.05, 0) is 68.1 Å². The standard InChI is InChI=1S/C36H53N7O6.2CH4.4H2S/c1-5-10-25(29(44)34(48)39-23-15-16-23)40-33(47)28-24-14-9-13-22(24)20-43(28)35(49)30(36(2,3)4)42-32(46)27(21-11-7-6-8-12-21)41-31(45)26-19-37-17-18-38-26;;;;;;/h17-19,21-25,27-28,30H,5-16,20H2,1-4H3,(H,39,48)(H,40,47)(H,41,45)(H,42,46);2*1H4;4*1H2/t22-,24-,25+,27-,28+,30-;;;;;;/m1....../s1. The molecule has 0 radical (unpaired) electrons. The zero-order chi connectivity index (χ0) is 35.3. The van der Waals surface area contributed by atoms with Crippen molar-refractivity contribution in [2.24, 2.45) is 23.2 Å². The van der Waals surface area contributed by atoms with E-state index in [1.807, 2.05) is 27.7 Å². The Bertz CT molecular complexity index is 1410. The van der Waals surface area contributed by atoms with E-state index < -0.39 is 59.0 Å². The first-order chi connectivity index (χ1) is 23.4. The highest BCUT2D eigenvalue weighted by Gasteiger charge is 2.52. The van der Waals surface area contributed by atoms with Crippen molar-refractivity contribution >= 4 is 89.3 Å². The lowest BCUT2D eigenvalue weighted by atomic mass is 9.82. The molecule has 0 spiro atoms. The van der Waals surface area contributed by atoms with E-state index in [9.17, 15) is 28.8 Å². The fourth-order valence-electron chi connectivity index (χ4n) is 7.87. The van der Waals surface area contributed by atoms with E-state index in [1.54, 1.807) is 4.90 Å². The molecule has 0 bridgehead atoms. The molecule has 17 heteroatoms. The van der Waals surface area contributed by atoms with Gasteiger partial charge in [0.2, 0.25) is 23.5 Å². The molecule has 4 fully saturated rings. The van der Waals surface area contributed by atoms with Crippen LogP contribution in [-0.4, -0.2) is 86.9 Å².